The summed E-state index contributed by atoms with van der Waals surface area (Å²) in [5.74, 6) is 0.336. The maximum Gasteiger partial charge on any atom is 0.193 e. The summed E-state index contributed by atoms with van der Waals surface area (Å²) in [4.78, 5) is 12.3. The number of phenolic OH excluding ortho intramolecular Hbond substituents is 1. The number of rotatable bonds is 6. The molecule has 0 aliphatic heterocycles. The highest BCUT2D eigenvalue weighted by Crippen LogP contribution is 2.30. The van der Waals surface area contributed by atoms with Crippen LogP contribution >= 0.6 is 0 Å². The number of hydrogen-bond acceptors (Lipinski definition) is 5. The molecule has 0 amide bonds. The molecule has 0 unspecified atom stereocenters. The van der Waals surface area contributed by atoms with Gasteiger partial charge < -0.3 is 19.7 Å². The van der Waals surface area contributed by atoms with Gasteiger partial charge in [0.05, 0.1) is 20.8 Å². The van der Waals surface area contributed by atoms with E-state index in [9.17, 15) is 9.90 Å². The van der Waals surface area contributed by atoms with Crippen molar-refractivity contribution in [1.29, 1.82) is 0 Å². The van der Waals surface area contributed by atoms with Crippen LogP contribution in [0.2, 0.25) is 0 Å². The van der Waals surface area contributed by atoms with Crippen LogP contribution in [0, 0.1) is 0 Å². The number of benzene rings is 2. The number of methoxy groups -OCH3 is 2. The number of carbonyl (C=O) groups excluding carboxylic acids is 1. The molecule has 5 nitrogen and oxygen atoms in total. The van der Waals surface area contributed by atoms with E-state index in [1.807, 2.05) is 12.1 Å². The lowest BCUT2D eigenvalue weighted by Gasteiger charge is -2.10. The lowest BCUT2D eigenvalue weighted by Crippen LogP contribution is -2.01. The van der Waals surface area contributed by atoms with Crippen LogP contribution in [0.3, 0.4) is 0 Å². The lowest BCUT2D eigenvalue weighted by atomic mass is 10.0. The van der Waals surface area contributed by atoms with Crippen LogP contribution in [0.4, 0.5) is 0 Å². The van der Waals surface area contributed by atoms with Crippen molar-refractivity contribution in [3.05, 3.63) is 59.2 Å². The van der Waals surface area contributed by atoms with Gasteiger partial charge in [-0.3, -0.25) is 4.79 Å². The van der Waals surface area contributed by atoms with Crippen LogP contribution in [-0.4, -0.2) is 30.2 Å². The van der Waals surface area contributed by atoms with E-state index in [2.05, 4.69) is 0 Å². The van der Waals surface area contributed by atoms with Crippen LogP contribution in [0.5, 0.6) is 17.2 Å². The number of ketones is 1. The smallest absolute Gasteiger partial charge is 0.193 e. The summed E-state index contributed by atoms with van der Waals surface area (Å²) in [6, 6.07) is 10.1. The van der Waals surface area contributed by atoms with Gasteiger partial charge in [-0.2, -0.15) is 0 Å². The van der Waals surface area contributed by atoms with Crippen molar-refractivity contribution in [2.24, 2.45) is 0 Å². The van der Waals surface area contributed by atoms with Crippen molar-refractivity contribution in [3.63, 3.8) is 0 Å². The molecule has 0 saturated carbocycles. The van der Waals surface area contributed by atoms with Crippen molar-refractivity contribution < 1.29 is 24.5 Å². The fourth-order valence-electron chi connectivity index (χ4n) is 2.13. The molecule has 5 heteroatoms. The standard InChI is InChI=1S/C18H18O5/c1-22-14-6-3-12(4-7-14)5-8-15(20)18-16(21)9-13(11-19)10-17(18)23-2/h3-10,19,21H,11H2,1-2H3/b8-5+. The van der Waals surface area contributed by atoms with Crippen molar-refractivity contribution in [2.75, 3.05) is 14.2 Å². The van der Waals surface area contributed by atoms with E-state index in [1.54, 1.807) is 25.3 Å². The molecule has 0 bridgehead atoms. The molecule has 0 radical (unpaired) electrons. The van der Waals surface area contributed by atoms with Gasteiger partial charge >= 0.3 is 0 Å². The van der Waals surface area contributed by atoms with E-state index in [-0.39, 0.29) is 29.5 Å². The first-order valence-corrected chi connectivity index (χ1v) is 6.96. The Morgan fingerprint density at radius 2 is 1.83 bits per heavy atom. The van der Waals surface area contributed by atoms with Crippen LogP contribution in [0.25, 0.3) is 6.08 Å². The minimum Gasteiger partial charge on any atom is -0.507 e. The number of phenols is 1. The summed E-state index contributed by atoms with van der Waals surface area (Å²) in [7, 11) is 2.99. The SMILES string of the molecule is COc1ccc(/C=C/C(=O)c2c(O)cc(CO)cc2OC)cc1. The Morgan fingerprint density at radius 1 is 1.13 bits per heavy atom. The molecule has 120 valence electrons. The maximum absolute atomic E-state index is 12.3. The zero-order valence-electron chi connectivity index (χ0n) is 12.9. The van der Waals surface area contributed by atoms with Gasteiger partial charge in [-0.05, 0) is 41.5 Å². The van der Waals surface area contributed by atoms with Crippen LogP contribution in [0.15, 0.2) is 42.5 Å². The second-order valence-electron chi connectivity index (χ2n) is 4.82. The monoisotopic (exact) mass is 314 g/mol. The van der Waals surface area contributed by atoms with Gasteiger partial charge in [0.25, 0.3) is 0 Å². The molecule has 0 heterocycles. The van der Waals surface area contributed by atoms with E-state index in [4.69, 9.17) is 14.6 Å². The molecule has 0 saturated heterocycles. The third kappa shape index (κ3) is 3.90. The summed E-state index contributed by atoms with van der Waals surface area (Å²) in [5.41, 5.74) is 1.36. The Hall–Kier alpha value is -2.79. The third-order valence-electron chi connectivity index (χ3n) is 3.33. The first-order chi connectivity index (χ1) is 11.1. The number of allylic oxidation sites excluding steroid dienone is 1. The summed E-state index contributed by atoms with van der Waals surface area (Å²) in [5, 5.41) is 19.1. The van der Waals surface area contributed by atoms with Gasteiger partial charge in [0.2, 0.25) is 0 Å². The number of ether oxygens (including phenoxy) is 2. The van der Waals surface area contributed by atoms with E-state index in [1.165, 1.54) is 25.3 Å². The number of aromatic hydroxyl groups is 1. The van der Waals surface area contributed by atoms with Gasteiger partial charge in [-0.15, -0.1) is 0 Å². The molecule has 0 aliphatic carbocycles. The molecule has 0 fully saturated rings. The predicted molar refractivity (Wildman–Crippen MR) is 86.9 cm³/mol. The summed E-state index contributed by atoms with van der Waals surface area (Å²) >= 11 is 0. The zero-order valence-corrected chi connectivity index (χ0v) is 12.9. The van der Waals surface area contributed by atoms with Gasteiger partial charge in [-0.1, -0.05) is 18.2 Å². The van der Waals surface area contributed by atoms with Crippen LogP contribution in [-0.2, 0) is 6.61 Å². The van der Waals surface area contributed by atoms with Crippen LogP contribution in [0.1, 0.15) is 21.5 Å². The van der Waals surface area contributed by atoms with E-state index in [0.29, 0.717) is 5.56 Å². The average Bonchev–Trinajstić information content (AvgIpc) is 2.59. The highest BCUT2D eigenvalue weighted by molar-refractivity contribution is 6.10. The molecule has 0 aliphatic rings. The fourth-order valence-corrected chi connectivity index (χ4v) is 2.13. The molecule has 0 spiro atoms. The Bertz CT molecular complexity index is 717. The molecule has 2 N–H and O–H groups in total. The summed E-state index contributed by atoms with van der Waals surface area (Å²) in [6.45, 7) is -0.250. The number of aliphatic hydroxyl groups excluding tert-OH is 1. The van der Waals surface area contributed by atoms with Gasteiger partial charge in [0.1, 0.15) is 22.8 Å². The molecule has 2 aromatic rings. The number of carbonyl (C=O) groups is 1. The number of hydrogen-bond donors (Lipinski definition) is 2. The van der Waals surface area contributed by atoms with Gasteiger partial charge in [0, 0.05) is 0 Å². The van der Waals surface area contributed by atoms with Crippen molar-refractivity contribution in [3.8, 4) is 17.2 Å². The van der Waals surface area contributed by atoms with Gasteiger partial charge in [0.15, 0.2) is 5.78 Å². The second kappa shape index (κ2) is 7.47. The Kier molecular flexibility index (Phi) is 5.38. The molecule has 23 heavy (non-hydrogen) atoms. The highest BCUT2D eigenvalue weighted by atomic mass is 16.5. The van der Waals surface area contributed by atoms with Gasteiger partial charge in [-0.25, -0.2) is 0 Å². The van der Waals surface area contributed by atoms with Crippen molar-refractivity contribution in [2.45, 2.75) is 6.61 Å². The van der Waals surface area contributed by atoms with E-state index >= 15 is 0 Å². The predicted octanol–water partition coefficient (Wildman–Crippen LogP) is 2.80. The second-order valence-corrected chi connectivity index (χ2v) is 4.82. The van der Waals surface area contributed by atoms with E-state index in [0.717, 1.165) is 11.3 Å². The molecule has 2 rings (SSSR count). The normalized spacial score (nSPS) is 10.7. The first kappa shape index (κ1) is 16.6. The molecule has 0 aromatic heterocycles. The minimum absolute atomic E-state index is 0.0643. The largest absolute Gasteiger partial charge is 0.507 e. The fraction of sp³-hybridized carbons (Fsp3) is 0.167. The van der Waals surface area contributed by atoms with Crippen LogP contribution < -0.4 is 9.47 Å². The minimum atomic E-state index is -0.389. The molecule has 0 atom stereocenters. The molecule has 2 aromatic carbocycles. The highest BCUT2D eigenvalue weighted by Gasteiger charge is 2.16. The maximum atomic E-state index is 12.3. The first-order valence-electron chi connectivity index (χ1n) is 6.96. The third-order valence-corrected chi connectivity index (χ3v) is 3.33. The lowest BCUT2D eigenvalue weighted by molar-refractivity contribution is 0.104. The topological polar surface area (TPSA) is 76.0 Å². The summed E-state index contributed by atoms with van der Waals surface area (Å²) < 4.78 is 10.2. The zero-order chi connectivity index (χ0) is 16.8. The number of aliphatic hydroxyl groups is 1. The van der Waals surface area contributed by atoms with Crippen molar-refractivity contribution >= 4 is 11.9 Å². The quantitative estimate of drug-likeness (QED) is 0.633. The molecular formula is C18H18O5. The Morgan fingerprint density at radius 3 is 2.39 bits per heavy atom. The Labute approximate surface area is 134 Å². The summed E-state index contributed by atoms with van der Waals surface area (Å²) in [6.07, 6.45) is 3.00. The Balaban J connectivity index is 2.27. The van der Waals surface area contributed by atoms with E-state index < -0.39 is 0 Å². The van der Waals surface area contributed by atoms with Crippen molar-refractivity contribution in [1.82, 2.24) is 0 Å². The molecular weight excluding hydrogens is 296 g/mol. The average molecular weight is 314 g/mol.